The van der Waals surface area contributed by atoms with Gasteiger partial charge in [0, 0.05) is 5.69 Å². The highest BCUT2D eigenvalue weighted by Gasteiger charge is 2.36. The molecule has 0 saturated heterocycles. The Morgan fingerprint density at radius 1 is 1.36 bits per heavy atom. The van der Waals surface area contributed by atoms with Crippen LogP contribution in [0.3, 0.4) is 0 Å². The van der Waals surface area contributed by atoms with E-state index in [0.29, 0.717) is 18.4 Å². The van der Waals surface area contributed by atoms with E-state index in [2.05, 4.69) is 26.1 Å². The van der Waals surface area contributed by atoms with Crippen molar-refractivity contribution in [2.75, 3.05) is 5.32 Å². The Labute approximate surface area is 131 Å². The van der Waals surface area contributed by atoms with Crippen LogP contribution in [0.4, 0.5) is 5.69 Å². The predicted octanol–water partition coefficient (Wildman–Crippen LogP) is 3.61. The molecule has 2 rings (SSSR count). The van der Waals surface area contributed by atoms with E-state index >= 15 is 0 Å². The van der Waals surface area contributed by atoms with Crippen molar-refractivity contribution < 1.29 is 15.0 Å². The number of fused-ring (bicyclic) bond motifs is 1. The Morgan fingerprint density at radius 3 is 2.64 bits per heavy atom. The molecule has 0 aromatic heterocycles. The molecule has 1 aliphatic heterocycles. The normalized spacial score (nSPS) is 19.0. The molecular weight excluding hydrogens is 278 g/mol. The SMILES string of the molecule is CC(C)=C(C)CC[C@@](C)(O)[C@H]1Cc2cc(C(=O)O)ccc2N1. The van der Waals surface area contributed by atoms with Gasteiger partial charge in [-0.15, -0.1) is 0 Å². The third kappa shape index (κ3) is 3.50. The largest absolute Gasteiger partial charge is 0.478 e. The summed E-state index contributed by atoms with van der Waals surface area (Å²) in [6.07, 6.45) is 2.20. The van der Waals surface area contributed by atoms with E-state index in [1.54, 1.807) is 18.2 Å². The average molecular weight is 303 g/mol. The van der Waals surface area contributed by atoms with Crippen LogP contribution in [0.15, 0.2) is 29.3 Å². The first-order valence-corrected chi connectivity index (χ1v) is 7.69. The molecule has 120 valence electrons. The monoisotopic (exact) mass is 303 g/mol. The molecule has 0 saturated carbocycles. The summed E-state index contributed by atoms with van der Waals surface area (Å²) >= 11 is 0. The van der Waals surface area contributed by atoms with Gasteiger partial charge in [-0.25, -0.2) is 4.79 Å². The summed E-state index contributed by atoms with van der Waals surface area (Å²) in [5, 5.41) is 23.2. The lowest BCUT2D eigenvalue weighted by molar-refractivity contribution is 0.0332. The van der Waals surface area contributed by atoms with Gasteiger partial charge in [0.2, 0.25) is 0 Å². The lowest BCUT2D eigenvalue weighted by atomic mass is 9.87. The molecule has 0 unspecified atom stereocenters. The van der Waals surface area contributed by atoms with Crippen LogP contribution in [0.25, 0.3) is 0 Å². The Hall–Kier alpha value is -1.81. The second-order valence-electron chi connectivity index (χ2n) is 6.72. The second kappa shape index (κ2) is 6.13. The highest BCUT2D eigenvalue weighted by molar-refractivity contribution is 5.88. The summed E-state index contributed by atoms with van der Waals surface area (Å²) in [7, 11) is 0. The first-order chi connectivity index (χ1) is 10.2. The lowest BCUT2D eigenvalue weighted by Gasteiger charge is -2.31. The molecule has 2 atom stereocenters. The van der Waals surface area contributed by atoms with Crippen molar-refractivity contribution in [2.45, 2.75) is 58.6 Å². The van der Waals surface area contributed by atoms with Crippen molar-refractivity contribution in [1.82, 2.24) is 0 Å². The topological polar surface area (TPSA) is 69.6 Å². The van der Waals surface area contributed by atoms with Gasteiger partial charge in [0.1, 0.15) is 0 Å². The molecule has 1 heterocycles. The van der Waals surface area contributed by atoms with Gasteiger partial charge >= 0.3 is 5.97 Å². The van der Waals surface area contributed by atoms with Crippen molar-refractivity contribution in [1.29, 1.82) is 0 Å². The summed E-state index contributed by atoms with van der Waals surface area (Å²) in [6.45, 7) is 8.12. The van der Waals surface area contributed by atoms with E-state index in [1.165, 1.54) is 11.1 Å². The maximum atomic E-state index is 11.0. The van der Waals surface area contributed by atoms with Gasteiger partial charge < -0.3 is 15.5 Å². The van der Waals surface area contributed by atoms with Crippen LogP contribution in [0, 0.1) is 0 Å². The highest BCUT2D eigenvalue weighted by Crippen LogP contribution is 2.34. The van der Waals surface area contributed by atoms with Gasteiger partial charge in [0.25, 0.3) is 0 Å². The quantitative estimate of drug-likeness (QED) is 0.727. The number of hydrogen-bond donors (Lipinski definition) is 3. The first kappa shape index (κ1) is 16.6. The molecule has 3 N–H and O–H groups in total. The fourth-order valence-electron chi connectivity index (χ4n) is 2.74. The van der Waals surface area contributed by atoms with Crippen LogP contribution >= 0.6 is 0 Å². The first-order valence-electron chi connectivity index (χ1n) is 7.69. The Balaban J connectivity index is 2.08. The molecule has 0 aliphatic carbocycles. The fraction of sp³-hybridized carbons (Fsp3) is 0.500. The van der Waals surface area contributed by atoms with Crippen molar-refractivity contribution in [3.05, 3.63) is 40.5 Å². The van der Waals surface area contributed by atoms with E-state index in [0.717, 1.165) is 17.7 Å². The van der Waals surface area contributed by atoms with Crippen molar-refractivity contribution in [3.8, 4) is 0 Å². The smallest absolute Gasteiger partial charge is 0.335 e. The van der Waals surface area contributed by atoms with Gasteiger partial charge in [-0.3, -0.25) is 0 Å². The van der Waals surface area contributed by atoms with Gasteiger partial charge in [-0.05, 0) is 70.7 Å². The number of carboxylic acid groups (broad SMARTS) is 1. The third-order valence-corrected chi connectivity index (χ3v) is 4.72. The van der Waals surface area contributed by atoms with E-state index in [4.69, 9.17) is 5.11 Å². The molecule has 4 heteroatoms. The van der Waals surface area contributed by atoms with Crippen LogP contribution < -0.4 is 5.32 Å². The maximum absolute atomic E-state index is 11.0. The molecule has 1 aromatic carbocycles. The van der Waals surface area contributed by atoms with Gasteiger partial charge in [0.15, 0.2) is 0 Å². The maximum Gasteiger partial charge on any atom is 0.335 e. The number of aliphatic hydroxyl groups is 1. The summed E-state index contributed by atoms with van der Waals surface area (Å²) in [4.78, 5) is 11.0. The number of carbonyl (C=O) groups is 1. The van der Waals surface area contributed by atoms with Crippen LogP contribution in [0.2, 0.25) is 0 Å². The van der Waals surface area contributed by atoms with Crippen LogP contribution in [-0.2, 0) is 6.42 Å². The number of benzene rings is 1. The number of hydrogen-bond acceptors (Lipinski definition) is 3. The van der Waals surface area contributed by atoms with Gasteiger partial charge in [0.05, 0.1) is 17.2 Å². The highest BCUT2D eigenvalue weighted by atomic mass is 16.4. The summed E-state index contributed by atoms with van der Waals surface area (Å²) in [5.41, 5.74) is 3.95. The van der Waals surface area contributed by atoms with Crippen molar-refractivity contribution in [2.24, 2.45) is 0 Å². The zero-order valence-electron chi connectivity index (χ0n) is 13.7. The Kier molecular flexibility index (Phi) is 4.61. The van der Waals surface area contributed by atoms with Crippen LogP contribution in [-0.4, -0.2) is 27.8 Å². The van der Waals surface area contributed by atoms with Gasteiger partial charge in [-0.1, -0.05) is 11.1 Å². The third-order valence-electron chi connectivity index (χ3n) is 4.72. The zero-order chi connectivity index (χ0) is 16.5. The number of aromatic carboxylic acids is 1. The van der Waals surface area contributed by atoms with Crippen molar-refractivity contribution in [3.63, 3.8) is 0 Å². The molecule has 0 fully saturated rings. The molecule has 22 heavy (non-hydrogen) atoms. The number of carboxylic acids is 1. The number of rotatable bonds is 5. The minimum Gasteiger partial charge on any atom is -0.478 e. The Morgan fingerprint density at radius 2 is 2.05 bits per heavy atom. The molecule has 4 nitrogen and oxygen atoms in total. The molecule has 1 aliphatic rings. The van der Waals surface area contributed by atoms with E-state index < -0.39 is 11.6 Å². The molecular formula is C18H25NO3. The average Bonchev–Trinajstić information content (AvgIpc) is 2.88. The zero-order valence-corrected chi connectivity index (χ0v) is 13.7. The molecule has 0 bridgehead atoms. The molecule has 0 amide bonds. The molecule has 0 spiro atoms. The van der Waals surface area contributed by atoms with Crippen molar-refractivity contribution >= 4 is 11.7 Å². The Bertz CT molecular complexity index is 613. The minimum atomic E-state index is -0.919. The number of allylic oxidation sites excluding steroid dienone is 2. The van der Waals surface area contributed by atoms with Crippen LogP contribution in [0.5, 0.6) is 0 Å². The second-order valence-corrected chi connectivity index (χ2v) is 6.72. The lowest BCUT2D eigenvalue weighted by Crippen LogP contribution is -2.43. The fourth-order valence-corrected chi connectivity index (χ4v) is 2.74. The van der Waals surface area contributed by atoms with E-state index in [1.807, 2.05) is 6.92 Å². The number of anilines is 1. The summed E-state index contributed by atoms with van der Waals surface area (Å²) < 4.78 is 0. The van der Waals surface area contributed by atoms with Crippen LogP contribution in [0.1, 0.15) is 56.5 Å². The van der Waals surface area contributed by atoms with E-state index in [-0.39, 0.29) is 6.04 Å². The molecule has 1 aromatic rings. The van der Waals surface area contributed by atoms with Gasteiger partial charge in [-0.2, -0.15) is 0 Å². The summed E-state index contributed by atoms with van der Waals surface area (Å²) in [6, 6.07) is 4.99. The number of nitrogens with one attached hydrogen (secondary N) is 1. The molecule has 0 radical (unpaired) electrons. The summed E-state index contributed by atoms with van der Waals surface area (Å²) in [5.74, 6) is -0.919. The standard InChI is InChI=1S/C18H25NO3/c1-11(2)12(3)7-8-18(4,22)16-10-14-9-13(17(20)21)5-6-15(14)19-16/h5-6,9,16,19,22H,7-8,10H2,1-4H3,(H,20,21)/t16-,18-/m1/s1. The van der Waals surface area contributed by atoms with E-state index in [9.17, 15) is 9.90 Å². The predicted molar refractivity (Wildman–Crippen MR) is 88.4 cm³/mol. The minimum absolute atomic E-state index is 0.0866.